The van der Waals surface area contributed by atoms with Crippen molar-refractivity contribution >= 4 is 10.2 Å². The monoisotopic (exact) mass is 321 g/mol. The number of nitrogens with zero attached hydrogens (tertiary/aromatic N) is 2. The van der Waals surface area contributed by atoms with Gasteiger partial charge in [-0.3, -0.25) is 0 Å². The fraction of sp³-hybridized carbons (Fsp3) is 0.400. The Morgan fingerprint density at radius 2 is 2.14 bits per heavy atom. The van der Waals surface area contributed by atoms with Crippen molar-refractivity contribution in [2.24, 2.45) is 0 Å². The van der Waals surface area contributed by atoms with Crippen molar-refractivity contribution in [3.8, 4) is 0 Å². The zero-order valence-electron chi connectivity index (χ0n) is 12.4. The van der Waals surface area contributed by atoms with Gasteiger partial charge >= 0.3 is 0 Å². The molecule has 1 aliphatic heterocycles. The predicted octanol–water partition coefficient (Wildman–Crippen LogP) is 2.15. The Morgan fingerprint density at radius 3 is 2.82 bits per heavy atom. The molecule has 1 atom stereocenters. The first-order valence-electron chi connectivity index (χ1n) is 7.30. The van der Waals surface area contributed by atoms with Crippen molar-refractivity contribution in [2.45, 2.75) is 32.4 Å². The molecule has 1 N–H and O–H groups in total. The lowest BCUT2D eigenvalue weighted by atomic mass is 10.2. The van der Waals surface area contributed by atoms with Crippen LogP contribution in [0.1, 0.15) is 35.9 Å². The van der Waals surface area contributed by atoms with Crippen LogP contribution in [0.5, 0.6) is 0 Å². The second kappa shape index (κ2) is 6.20. The molecule has 0 saturated carbocycles. The molecule has 3 rings (SSSR count). The van der Waals surface area contributed by atoms with Crippen molar-refractivity contribution in [2.75, 3.05) is 6.54 Å². The molecule has 22 heavy (non-hydrogen) atoms. The second-order valence-corrected chi connectivity index (χ2v) is 7.16. The van der Waals surface area contributed by atoms with Crippen LogP contribution in [0.2, 0.25) is 0 Å². The molecule has 1 fully saturated rings. The molecule has 1 aromatic carbocycles. The van der Waals surface area contributed by atoms with Crippen molar-refractivity contribution in [1.29, 1.82) is 0 Å². The summed E-state index contributed by atoms with van der Waals surface area (Å²) in [4.78, 5) is 0. The fourth-order valence-electron chi connectivity index (χ4n) is 2.71. The zero-order valence-corrected chi connectivity index (χ0v) is 13.2. The highest BCUT2D eigenvalue weighted by atomic mass is 32.2. The average Bonchev–Trinajstić information content (AvgIpc) is 3.15. The van der Waals surface area contributed by atoms with Gasteiger partial charge in [-0.05, 0) is 25.3 Å². The van der Waals surface area contributed by atoms with Crippen LogP contribution in [-0.2, 0) is 16.8 Å². The maximum Gasteiger partial charge on any atom is 0.280 e. The second-order valence-electron chi connectivity index (χ2n) is 5.45. The van der Waals surface area contributed by atoms with E-state index >= 15 is 0 Å². The lowest BCUT2D eigenvalue weighted by molar-refractivity contribution is 0.295. The number of hydrogen-bond acceptors (Lipinski definition) is 4. The Bertz CT molecular complexity index is 728. The van der Waals surface area contributed by atoms with Gasteiger partial charge in [0.05, 0.1) is 11.7 Å². The normalized spacial score (nSPS) is 19.6. The van der Waals surface area contributed by atoms with E-state index in [1.165, 1.54) is 4.31 Å². The SMILES string of the molecule is Cc1cc([C@H]2CCCN2S(=O)(=O)NCc2ccccc2)on1. The third-order valence-corrected chi connectivity index (χ3v) is 5.35. The van der Waals surface area contributed by atoms with Gasteiger partial charge in [0.25, 0.3) is 10.2 Å². The van der Waals surface area contributed by atoms with Crippen molar-refractivity contribution in [3.63, 3.8) is 0 Å². The molecule has 118 valence electrons. The van der Waals surface area contributed by atoms with Gasteiger partial charge in [0.2, 0.25) is 0 Å². The van der Waals surface area contributed by atoms with Gasteiger partial charge in [0.15, 0.2) is 5.76 Å². The van der Waals surface area contributed by atoms with Gasteiger partial charge in [-0.2, -0.15) is 17.4 Å². The molecular formula is C15H19N3O3S. The summed E-state index contributed by atoms with van der Waals surface area (Å²) in [5.74, 6) is 0.611. The molecule has 2 heterocycles. The Morgan fingerprint density at radius 1 is 1.36 bits per heavy atom. The van der Waals surface area contributed by atoms with Gasteiger partial charge in [-0.15, -0.1) is 0 Å². The van der Waals surface area contributed by atoms with E-state index in [1.54, 1.807) is 6.07 Å². The summed E-state index contributed by atoms with van der Waals surface area (Å²) < 4.78 is 34.5. The first kappa shape index (κ1) is 15.2. The Kier molecular flexibility index (Phi) is 4.28. The van der Waals surface area contributed by atoms with Crippen molar-refractivity contribution in [3.05, 3.63) is 53.4 Å². The Hall–Kier alpha value is -1.70. The first-order chi connectivity index (χ1) is 10.6. The minimum absolute atomic E-state index is 0.269. The van der Waals surface area contributed by atoms with E-state index < -0.39 is 10.2 Å². The number of rotatable bonds is 5. The van der Waals surface area contributed by atoms with Gasteiger partial charge < -0.3 is 4.52 Å². The number of aryl methyl sites for hydroxylation is 1. The zero-order chi connectivity index (χ0) is 15.6. The highest BCUT2D eigenvalue weighted by Crippen LogP contribution is 2.34. The largest absolute Gasteiger partial charge is 0.359 e. The molecule has 1 aliphatic rings. The Labute approximate surface area is 130 Å². The summed E-state index contributed by atoms with van der Waals surface area (Å²) in [7, 11) is -3.55. The van der Waals surface area contributed by atoms with Crippen LogP contribution in [-0.4, -0.2) is 24.4 Å². The first-order valence-corrected chi connectivity index (χ1v) is 8.74. The molecule has 7 heteroatoms. The van der Waals surface area contributed by atoms with Crippen molar-refractivity contribution < 1.29 is 12.9 Å². The maximum atomic E-state index is 12.5. The van der Waals surface area contributed by atoms with Crippen LogP contribution in [0.3, 0.4) is 0 Å². The van der Waals surface area contributed by atoms with E-state index in [0.717, 1.165) is 24.1 Å². The Balaban J connectivity index is 1.73. The predicted molar refractivity (Wildman–Crippen MR) is 82.1 cm³/mol. The van der Waals surface area contributed by atoms with E-state index in [1.807, 2.05) is 37.3 Å². The smallest absolute Gasteiger partial charge is 0.280 e. The molecule has 1 aromatic heterocycles. The van der Waals surface area contributed by atoms with E-state index in [4.69, 9.17) is 4.52 Å². The van der Waals surface area contributed by atoms with Gasteiger partial charge in [-0.25, -0.2) is 0 Å². The molecular weight excluding hydrogens is 302 g/mol. The molecule has 1 saturated heterocycles. The summed E-state index contributed by atoms with van der Waals surface area (Å²) >= 11 is 0. The minimum atomic E-state index is -3.55. The van der Waals surface area contributed by atoms with Crippen LogP contribution >= 0.6 is 0 Å². The average molecular weight is 321 g/mol. The van der Waals surface area contributed by atoms with Crippen LogP contribution in [0.15, 0.2) is 40.9 Å². The molecule has 0 spiro atoms. The minimum Gasteiger partial charge on any atom is -0.359 e. The summed E-state index contributed by atoms with van der Waals surface area (Å²) in [5.41, 5.74) is 1.69. The lowest BCUT2D eigenvalue weighted by Crippen LogP contribution is -2.39. The highest BCUT2D eigenvalue weighted by molar-refractivity contribution is 7.87. The highest BCUT2D eigenvalue weighted by Gasteiger charge is 2.37. The van der Waals surface area contributed by atoms with Gasteiger partial charge in [0.1, 0.15) is 0 Å². The molecule has 0 amide bonds. The summed E-state index contributed by atoms with van der Waals surface area (Å²) in [5, 5.41) is 3.85. The quantitative estimate of drug-likeness (QED) is 0.915. The standard InChI is InChI=1S/C15H19N3O3S/c1-12-10-15(21-17-12)14-8-5-9-18(14)22(19,20)16-11-13-6-3-2-4-7-13/h2-4,6-7,10,14,16H,5,8-9,11H2,1H3/t14-/m1/s1. The van der Waals surface area contributed by atoms with E-state index in [2.05, 4.69) is 9.88 Å². The molecule has 2 aromatic rings. The maximum absolute atomic E-state index is 12.5. The van der Waals surface area contributed by atoms with Crippen LogP contribution in [0, 0.1) is 6.92 Å². The van der Waals surface area contributed by atoms with Crippen LogP contribution < -0.4 is 4.72 Å². The topological polar surface area (TPSA) is 75.4 Å². The third-order valence-electron chi connectivity index (χ3n) is 3.79. The van der Waals surface area contributed by atoms with Crippen LogP contribution in [0.4, 0.5) is 0 Å². The van der Waals surface area contributed by atoms with Crippen molar-refractivity contribution in [1.82, 2.24) is 14.2 Å². The van der Waals surface area contributed by atoms with E-state index in [0.29, 0.717) is 12.3 Å². The number of hydrogen-bond donors (Lipinski definition) is 1. The number of benzene rings is 1. The third kappa shape index (κ3) is 3.21. The summed E-state index contributed by atoms with van der Waals surface area (Å²) in [6.07, 6.45) is 1.57. The summed E-state index contributed by atoms with van der Waals surface area (Å²) in [6, 6.07) is 11.0. The van der Waals surface area contributed by atoms with Crippen LogP contribution in [0.25, 0.3) is 0 Å². The lowest BCUT2D eigenvalue weighted by Gasteiger charge is -2.22. The molecule has 0 bridgehead atoms. The molecule has 0 aliphatic carbocycles. The van der Waals surface area contributed by atoms with Gasteiger partial charge in [-0.1, -0.05) is 35.5 Å². The fourth-order valence-corrected chi connectivity index (χ4v) is 4.13. The number of nitrogens with one attached hydrogen (secondary N) is 1. The number of aromatic nitrogens is 1. The van der Waals surface area contributed by atoms with E-state index in [9.17, 15) is 8.42 Å². The van der Waals surface area contributed by atoms with E-state index in [-0.39, 0.29) is 12.6 Å². The molecule has 6 nitrogen and oxygen atoms in total. The molecule has 0 unspecified atom stereocenters. The molecule has 0 radical (unpaired) electrons. The van der Waals surface area contributed by atoms with Gasteiger partial charge in [0, 0.05) is 19.2 Å². The summed E-state index contributed by atoms with van der Waals surface area (Å²) in [6.45, 7) is 2.60.